The molecule has 2 aliphatic heterocycles. The number of para-hydroxylation sites is 1. The molecule has 220 valence electrons. The molecule has 0 aliphatic carbocycles. The topological polar surface area (TPSA) is 99.7 Å². The zero-order valence-corrected chi connectivity index (χ0v) is 24.5. The van der Waals surface area contributed by atoms with Gasteiger partial charge >= 0.3 is 6.03 Å². The fourth-order valence-corrected chi connectivity index (χ4v) is 6.05. The van der Waals surface area contributed by atoms with Gasteiger partial charge in [-0.3, -0.25) is 9.59 Å². The van der Waals surface area contributed by atoms with E-state index in [-0.39, 0.29) is 43.1 Å². The maximum absolute atomic E-state index is 14.2. The molecule has 2 aliphatic rings. The van der Waals surface area contributed by atoms with Crippen LogP contribution in [0.1, 0.15) is 22.3 Å². The molecule has 42 heavy (non-hydrogen) atoms. The Labute approximate surface area is 246 Å². The average molecular weight is 571 g/mol. The van der Waals surface area contributed by atoms with Gasteiger partial charge in [-0.05, 0) is 41.3 Å². The van der Waals surface area contributed by atoms with Gasteiger partial charge in [0.2, 0.25) is 11.8 Å². The first-order chi connectivity index (χ1) is 20.1. The number of phenols is 1. The summed E-state index contributed by atoms with van der Waals surface area (Å²) < 4.78 is 0. The van der Waals surface area contributed by atoms with Crippen molar-refractivity contribution in [3.63, 3.8) is 0 Å². The minimum Gasteiger partial charge on any atom is -0.508 e. The number of fused-ring (bicyclic) bond motifs is 1. The molecular formula is C32H38N6O4. The molecule has 5 rings (SSSR count). The van der Waals surface area contributed by atoms with Crippen molar-refractivity contribution in [3.8, 4) is 5.75 Å². The highest BCUT2D eigenvalue weighted by Gasteiger charge is 2.50. The smallest absolute Gasteiger partial charge is 0.334 e. The number of amides is 4. The molecule has 4 amide bonds. The fourth-order valence-electron chi connectivity index (χ4n) is 6.05. The first kappa shape index (κ1) is 28.9. The minimum atomic E-state index is -0.813. The number of likely N-dealkylation sites (N-methyl/N-ethyl adjacent to an activating group) is 1. The predicted octanol–water partition coefficient (Wildman–Crippen LogP) is 2.95. The Morgan fingerprint density at radius 3 is 2.38 bits per heavy atom. The monoisotopic (exact) mass is 570 g/mol. The lowest BCUT2D eigenvalue weighted by Crippen LogP contribution is -2.76. The summed E-state index contributed by atoms with van der Waals surface area (Å²) in [4.78, 5) is 46.8. The second kappa shape index (κ2) is 12.1. The van der Waals surface area contributed by atoms with E-state index < -0.39 is 12.2 Å². The predicted molar refractivity (Wildman–Crippen MR) is 160 cm³/mol. The van der Waals surface area contributed by atoms with Gasteiger partial charge in [0.05, 0.1) is 13.1 Å². The second-order valence-corrected chi connectivity index (χ2v) is 11.2. The van der Waals surface area contributed by atoms with Crippen LogP contribution in [0.3, 0.4) is 0 Å². The van der Waals surface area contributed by atoms with E-state index in [0.29, 0.717) is 13.1 Å². The SMILES string of the molecule is Cc1cccc(CN2C[C@@H]3N(C(=O)CN(C)N3C(=O)NCc3ccccc3)[C@@H](Cc3ccc(O)cc3)C2=O)c1N(C)C. The van der Waals surface area contributed by atoms with Crippen LogP contribution in [-0.4, -0.2) is 89.2 Å². The van der Waals surface area contributed by atoms with Crippen molar-refractivity contribution in [2.24, 2.45) is 0 Å². The molecule has 0 spiro atoms. The van der Waals surface area contributed by atoms with Gasteiger partial charge in [0, 0.05) is 46.3 Å². The van der Waals surface area contributed by atoms with Crippen molar-refractivity contribution in [1.82, 2.24) is 25.1 Å². The summed E-state index contributed by atoms with van der Waals surface area (Å²) in [5.74, 6) is -0.259. The lowest BCUT2D eigenvalue weighted by atomic mass is 9.97. The number of aryl methyl sites for hydroxylation is 1. The fraction of sp³-hybridized carbons (Fsp3) is 0.344. The molecule has 0 aromatic heterocycles. The molecule has 3 aromatic rings. The number of piperazine rings is 1. The van der Waals surface area contributed by atoms with Gasteiger partial charge in [-0.1, -0.05) is 60.7 Å². The molecular weight excluding hydrogens is 532 g/mol. The highest BCUT2D eigenvalue weighted by molar-refractivity contribution is 5.91. The molecule has 10 nitrogen and oxygen atoms in total. The number of nitrogens with one attached hydrogen (secondary N) is 1. The van der Waals surface area contributed by atoms with E-state index >= 15 is 0 Å². The van der Waals surface area contributed by atoms with Crippen molar-refractivity contribution < 1.29 is 19.5 Å². The number of carbonyl (C=O) groups excluding carboxylic acids is 3. The Kier molecular flexibility index (Phi) is 8.35. The molecule has 0 radical (unpaired) electrons. The van der Waals surface area contributed by atoms with Gasteiger partial charge in [0.25, 0.3) is 0 Å². The van der Waals surface area contributed by atoms with E-state index in [9.17, 15) is 19.5 Å². The number of benzene rings is 3. The van der Waals surface area contributed by atoms with Gasteiger partial charge in [0.15, 0.2) is 0 Å². The van der Waals surface area contributed by atoms with Crippen LogP contribution in [0.25, 0.3) is 0 Å². The van der Waals surface area contributed by atoms with Gasteiger partial charge in [-0.2, -0.15) is 0 Å². The maximum atomic E-state index is 14.2. The molecule has 0 unspecified atom stereocenters. The number of nitrogens with zero attached hydrogens (tertiary/aromatic N) is 5. The van der Waals surface area contributed by atoms with Crippen LogP contribution in [0, 0.1) is 6.92 Å². The van der Waals surface area contributed by atoms with Gasteiger partial charge in [-0.15, -0.1) is 0 Å². The molecule has 2 atom stereocenters. The van der Waals surface area contributed by atoms with Crippen molar-refractivity contribution in [2.75, 3.05) is 39.1 Å². The van der Waals surface area contributed by atoms with Gasteiger partial charge in [-0.25, -0.2) is 14.8 Å². The standard InChI is InChI=1S/C32H38N6O4/c1-22-9-8-12-25(30(22)34(2)3)19-36-20-28-37(27(31(36)41)17-23-13-15-26(39)16-14-23)29(40)21-35(4)38(28)32(42)33-18-24-10-6-5-7-11-24/h5-16,27-28,39H,17-21H2,1-4H3,(H,33,42)/t27-,28+/m0/s1. The number of hydrogen-bond acceptors (Lipinski definition) is 6. The molecule has 0 saturated carbocycles. The maximum Gasteiger partial charge on any atom is 0.334 e. The zero-order chi connectivity index (χ0) is 30.0. The Bertz CT molecular complexity index is 1450. The number of rotatable bonds is 7. The van der Waals surface area contributed by atoms with E-state index in [1.807, 2.05) is 74.4 Å². The summed E-state index contributed by atoms with van der Waals surface area (Å²) in [5.41, 5.74) is 4.89. The van der Waals surface area contributed by atoms with Crippen LogP contribution in [0.2, 0.25) is 0 Å². The van der Waals surface area contributed by atoms with Crippen LogP contribution in [-0.2, 0) is 29.1 Å². The number of hydrogen-bond donors (Lipinski definition) is 2. The summed E-state index contributed by atoms with van der Waals surface area (Å²) in [7, 11) is 5.68. The lowest BCUT2D eigenvalue weighted by molar-refractivity contribution is -0.187. The van der Waals surface area contributed by atoms with E-state index in [4.69, 9.17) is 0 Å². The second-order valence-electron chi connectivity index (χ2n) is 11.2. The number of carbonyl (C=O) groups is 3. The number of anilines is 1. The first-order valence-corrected chi connectivity index (χ1v) is 14.1. The quantitative estimate of drug-likeness (QED) is 0.453. The number of urea groups is 1. The van der Waals surface area contributed by atoms with Crippen LogP contribution in [0.15, 0.2) is 72.8 Å². The molecule has 0 bridgehead atoms. The summed E-state index contributed by atoms with van der Waals surface area (Å²) in [5, 5.41) is 16.0. The summed E-state index contributed by atoms with van der Waals surface area (Å²) in [6.45, 7) is 2.85. The van der Waals surface area contributed by atoms with E-state index in [1.165, 1.54) is 0 Å². The largest absolute Gasteiger partial charge is 0.508 e. The van der Waals surface area contributed by atoms with E-state index in [0.717, 1.165) is 27.9 Å². The van der Waals surface area contributed by atoms with Crippen LogP contribution in [0.5, 0.6) is 5.75 Å². The van der Waals surface area contributed by atoms with Crippen molar-refractivity contribution >= 4 is 23.5 Å². The Morgan fingerprint density at radius 2 is 1.69 bits per heavy atom. The number of aromatic hydroxyl groups is 1. The van der Waals surface area contributed by atoms with Crippen LogP contribution in [0.4, 0.5) is 10.5 Å². The lowest BCUT2D eigenvalue weighted by Gasteiger charge is -2.54. The van der Waals surface area contributed by atoms with Crippen LogP contribution < -0.4 is 10.2 Å². The summed E-state index contributed by atoms with van der Waals surface area (Å²) in [6, 6.07) is 21.2. The Morgan fingerprint density at radius 1 is 0.976 bits per heavy atom. The third-order valence-corrected chi connectivity index (χ3v) is 7.93. The molecule has 3 aromatic carbocycles. The van der Waals surface area contributed by atoms with Crippen molar-refractivity contribution in [3.05, 3.63) is 95.1 Å². The Hall–Kier alpha value is -4.57. The first-order valence-electron chi connectivity index (χ1n) is 14.1. The van der Waals surface area contributed by atoms with Gasteiger partial charge < -0.3 is 25.1 Å². The molecule has 2 fully saturated rings. The minimum absolute atomic E-state index is 0.0305. The van der Waals surface area contributed by atoms with Gasteiger partial charge in [0.1, 0.15) is 18.0 Å². The van der Waals surface area contributed by atoms with Crippen molar-refractivity contribution in [2.45, 2.75) is 38.6 Å². The highest BCUT2D eigenvalue weighted by Crippen LogP contribution is 2.31. The number of phenolic OH excluding ortho intramolecular Hbond substituents is 1. The third kappa shape index (κ3) is 5.89. The molecule has 2 heterocycles. The van der Waals surface area contributed by atoms with Crippen molar-refractivity contribution in [1.29, 1.82) is 0 Å². The molecule has 10 heteroatoms. The molecule has 2 N–H and O–H groups in total. The molecule has 2 saturated heterocycles. The van der Waals surface area contributed by atoms with E-state index in [1.54, 1.807) is 51.1 Å². The summed E-state index contributed by atoms with van der Waals surface area (Å²) in [6.07, 6.45) is -0.436. The third-order valence-electron chi connectivity index (χ3n) is 7.93. The summed E-state index contributed by atoms with van der Waals surface area (Å²) >= 11 is 0. The Balaban J connectivity index is 1.49. The number of hydrazine groups is 1. The average Bonchev–Trinajstić information content (AvgIpc) is 2.95. The van der Waals surface area contributed by atoms with E-state index in [2.05, 4.69) is 5.32 Å². The van der Waals surface area contributed by atoms with Crippen LogP contribution >= 0.6 is 0 Å². The highest BCUT2D eigenvalue weighted by atomic mass is 16.3. The zero-order valence-electron chi connectivity index (χ0n) is 24.5. The normalized spacial score (nSPS) is 19.1.